The molecule has 12 heteroatoms. The second-order valence-electron chi connectivity index (χ2n) is 8.55. The molecule has 0 bridgehead atoms. The second kappa shape index (κ2) is 10.7. The number of carboxylic acid groups (broad SMARTS) is 1. The molecule has 0 spiro atoms. The van der Waals surface area contributed by atoms with Crippen molar-refractivity contribution in [1.29, 1.82) is 0 Å². The first-order valence-corrected chi connectivity index (χ1v) is 13.4. The number of piperidine rings is 1. The molecule has 190 valence electrons. The van der Waals surface area contributed by atoms with Gasteiger partial charge in [0.2, 0.25) is 15.5 Å². The molecule has 1 aliphatic rings. The summed E-state index contributed by atoms with van der Waals surface area (Å²) in [6.45, 7) is 2.18. The summed E-state index contributed by atoms with van der Waals surface area (Å²) in [7, 11) is -3.67. The molecule has 1 aromatic heterocycles. The SMILES string of the molecule is O=C(O)c1cn(C(=O)Nc2cc(Cl)cc(NS(=O)(=O)CCN3CCCCC3)c2)c2ccccc2c1=O. The zero-order chi connectivity index (χ0) is 25.9. The summed E-state index contributed by atoms with van der Waals surface area (Å²) < 4.78 is 28.8. The zero-order valence-electron chi connectivity index (χ0n) is 19.2. The van der Waals surface area contributed by atoms with Crippen molar-refractivity contribution < 1.29 is 23.1 Å². The molecule has 0 saturated carbocycles. The van der Waals surface area contributed by atoms with Gasteiger partial charge in [0.05, 0.1) is 17.0 Å². The summed E-state index contributed by atoms with van der Waals surface area (Å²) >= 11 is 6.17. The van der Waals surface area contributed by atoms with Crippen molar-refractivity contribution >= 4 is 55.9 Å². The lowest BCUT2D eigenvalue weighted by molar-refractivity contribution is 0.0695. The van der Waals surface area contributed by atoms with E-state index in [2.05, 4.69) is 14.9 Å². The van der Waals surface area contributed by atoms with Crippen LogP contribution in [0.3, 0.4) is 0 Å². The van der Waals surface area contributed by atoms with Gasteiger partial charge in [-0.05, 0) is 56.3 Å². The fourth-order valence-electron chi connectivity index (χ4n) is 4.17. The minimum absolute atomic E-state index is 0.0702. The van der Waals surface area contributed by atoms with Gasteiger partial charge in [0, 0.05) is 28.8 Å². The molecular weight excluding hydrogens is 508 g/mol. The van der Waals surface area contributed by atoms with Crippen LogP contribution in [0.25, 0.3) is 10.9 Å². The van der Waals surface area contributed by atoms with E-state index in [9.17, 15) is 27.9 Å². The molecule has 1 saturated heterocycles. The Labute approximate surface area is 212 Å². The molecule has 3 N–H and O–H groups in total. The molecule has 1 aliphatic heterocycles. The van der Waals surface area contributed by atoms with Gasteiger partial charge < -0.3 is 15.3 Å². The average molecular weight is 533 g/mol. The van der Waals surface area contributed by atoms with Crippen molar-refractivity contribution in [2.24, 2.45) is 0 Å². The Morgan fingerprint density at radius 1 is 1.03 bits per heavy atom. The van der Waals surface area contributed by atoms with Crippen LogP contribution < -0.4 is 15.5 Å². The second-order valence-corrected chi connectivity index (χ2v) is 10.8. The van der Waals surface area contributed by atoms with E-state index >= 15 is 0 Å². The van der Waals surface area contributed by atoms with E-state index < -0.39 is 33.0 Å². The fourth-order valence-corrected chi connectivity index (χ4v) is 5.48. The van der Waals surface area contributed by atoms with Gasteiger partial charge in [-0.3, -0.25) is 14.1 Å². The predicted octanol–water partition coefficient (Wildman–Crippen LogP) is 3.66. The number of pyridine rings is 1. The first-order chi connectivity index (χ1) is 17.1. The molecule has 0 atom stereocenters. The van der Waals surface area contributed by atoms with E-state index in [1.54, 1.807) is 12.1 Å². The van der Waals surface area contributed by atoms with Crippen molar-refractivity contribution in [1.82, 2.24) is 9.47 Å². The van der Waals surface area contributed by atoms with Crippen LogP contribution in [0.15, 0.2) is 53.5 Å². The summed E-state index contributed by atoms with van der Waals surface area (Å²) in [5.41, 5.74) is -0.692. The third-order valence-electron chi connectivity index (χ3n) is 5.91. The number of anilines is 2. The maximum absolute atomic E-state index is 13.1. The number of carbonyl (C=O) groups excluding carboxylic acids is 1. The number of nitrogens with one attached hydrogen (secondary N) is 2. The maximum atomic E-state index is 13.1. The largest absolute Gasteiger partial charge is 0.477 e. The quantitative estimate of drug-likeness (QED) is 0.422. The monoisotopic (exact) mass is 532 g/mol. The maximum Gasteiger partial charge on any atom is 0.341 e. The average Bonchev–Trinajstić information content (AvgIpc) is 2.83. The third-order valence-corrected chi connectivity index (χ3v) is 7.39. The number of halogens is 1. The highest BCUT2D eigenvalue weighted by molar-refractivity contribution is 7.92. The van der Waals surface area contributed by atoms with Crippen molar-refractivity contribution in [3.05, 3.63) is 69.5 Å². The lowest BCUT2D eigenvalue weighted by Crippen LogP contribution is -2.35. The number of para-hydroxylation sites is 1. The van der Waals surface area contributed by atoms with Gasteiger partial charge in [-0.15, -0.1) is 0 Å². The highest BCUT2D eigenvalue weighted by atomic mass is 35.5. The molecule has 0 unspecified atom stereocenters. The van der Waals surface area contributed by atoms with Gasteiger partial charge in [0.15, 0.2) is 0 Å². The van der Waals surface area contributed by atoms with Gasteiger partial charge in [-0.2, -0.15) is 0 Å². The number of rotatable bonds is 7. The van der Waals surface area contributed by atoms with Crippen LogP contribution in [0.4, 0.5) is 16.2 Å². The smallest absolute Gasteiger partial charge is 0.341 e. The van der Waals surface area contributed by atoms with Crippen LogP contribution in [0.5, 0.6) is 0 Å². The highest BCUT2D eigenvalue weighted by Gasteiger charge is 2.19. The first-order valence-electron chi connectivity index (χ1n) is 11.4. The van der Waals surface area contributed by atoms with Crippen molar-refractivity contribution in [3.8, 4) is 0 Å². The molecule has 1 fully saturated rings. The molecule has 1 amide bonds. The Morgan fingerprint density at radius 3 is 2.44 bits per heavy atom. The number of carbonyl (C=O) groups is 2. The minimum atomic E-state index is -3.67. The van der Waals surface area contributed by atoms with E-state index in [-0.39, 0.29) is 33.1 Å². The molecule has 2 heterocycles. The number of nitrogens with zero attached hydrogens (tertiary/aromatic N) is 2. The fraction of sp³-hybridized carbons (Fsp3) is 0.292. The normalized spacial score (nSPS) is 14.5. The molecular formula is C24H25ClN4O6S. The Bertz CT molecular complexity index is 1480. The molecule has 4 rings (SSSR count). The Morgan fingerprint density at radius 2 is 1.72 bits per heavy atom. The standard InChI is InChI=1S/C24H25ClN4O6S/c25-16-12-17(14-18(13-16)27-36(34,35)11-10-28-8-4-1-5-9-28)26-24(33)29-15-20(23(31)32)22(30)19-6-2-3-7-21(19)29/h2-3,6-7,12-15,27H,1,4-5,8-11H2,(H,26,33)(H,31,32). The number of carboxylic acids is 1. The molecule has 0 radical (unpaired) electrons. The van der Waals surface area contributed by atoms with Gasteiger partial charge in [0.1, 0.15) is 5.56 Å². The number of hydrogen-bond acceptors (Lipinski definition) is 6. The van der Waals surface area contributed by atoms with E-state index in [4.69, 9.17) is 11.6 Å². The van der Waals surface area contributed by atoms with Crippen LogP contribution in [-0.2, 0) is 10.0 Å². The number of fused-ring (bicyclic) bond motifs is 1. The molecule has 10 nitrogen and oxygen atoms in total. The van der Waals surface area contributed by atoms with Gasteiger partial charge in [-0.1, -0.05) is 30.2 Å². The van der Waals surface area contributed by atoms with E-state index in [0.29, 0.717) is 6.54 Å². The Kier molecular flexibility index (Phi) is 7.62. The topological polar surface area (TPSA) is 138 Å². The van der Waals surface area contributed by atoms with Crippen LogP contribution in [-0.4, -0.2) is 60.4 Å². The van der Waals surface area contributed by atoms with Gasteiger partial charge >= 0.3 is 12.0 Å². The molecule has 0 aliphatic carbocycles. The third kappa shape index (κ3) is 6.04. The summed E-state index contributed by atoms with van der Waals surface area (Å²) in [6, 6.07) is 9.63. The Hall–Kier alpha value is -3.41. The number of aromatic nitrogens is 1. The number of benzene rings is 2. The van der Waals surface area contributed by atoms with Gasteiger partial charge in [-0.25, -0.2) is 18.0 Å². The van der Waals surface area contributed by atoms with Crippen LogP contribution in [0.1, 0.15) is 29.6 Å². The van der Waals surface area contributed by atoms with Crippen LogP contribution >= 0.6 is 11.6 Å². The minimum Gasteiger partial charge on any atom is -0.477 e. The first kappa shape index (κ1) is 25.7. The number of likely N-dealkylation sites (tertiary alicyclic amines) is 1. The van der Waals surface area contributed by atoms with Crippen molar-refractivity contribution in [2.45, 2.75) is 19.3 Å². The number of amides is 1. The van der Waals surface area contributed by atoms with Crippen molar-refractivity contribution in [3.63, 3.8) is 0 Å². The zero-order valence-corrected chi connectivity index (χ0v) is 20.8. The predicted molar refractivity (Wildman–Crippen MR) is 139 cm³/mol. The summed E-state index contributed by atoms with van der Waals surface area (Å²) in [5.74, 6) is -1.54. The highest BCUT2D eigenvalue weighted by Crippen LogP contribution is 2.24. The van der Waals surface area contributed by atoms with Gasteiger partial charge in [0.25, 0.3) is 0 Å². The summed E-state index contributed by atoms with van der Waals surface area (Å²) in [4.78, 5) is 39.2. The number of sulfonamides is 1. The summed E-state index contributed by atoms with van der Waals surface area (Å²) in [6.07, 6.45) is 4.23. The van der Waals surface area contributed by atoms with E-state index in [1.165, 1.54) is 30.3 Å². The molecule has 2 aromatic carbocycles. The lowest BCUT2D eigenvalue weighted by Gasteiger charge is -2.26. The Balaban J connectivity index is 1.55. The van der Waals surface area contributed by atoms with Crippen LogP contribution in [0.2, 0.25) is 5.02 Å². The van der Waals surface area contributed by atoms with Crippen LogP contribution in [0, 0.1) is 0 Å². The molecule has 3 aromatic rings. The van der Waals surface area contributed by atoms with Crippen molar-refractivity contribution in [2.75, 3.05) is 35.4 Å². The summed E-state index contributed by atoms with van der Waals surface area (Å²) in [5, 5.41) is 12.2. The molecule has 36 heavy (non-hydrogen) atoms. The number of hydrogen-bond donors (Lipinski definition) is 3. The lowest BCUT2D eigenvalue weighted by atomic mass is 10.1. The number of aromatic carboxylic acids is 1. The van der Waals surface area contributed by atoms with E-state index in [0.717, 1.165) is 43.1 Å². The van der Waals surface area contributed by atoms with E-state index in [1.807, 2.05) is 0 Å².